The van der Waals surface area contributed by atoms with Crippen molar-refractivity contribution in [3.05, 3.63) is 93.1 Å². The van der Waals surface area contributed by atoms with E-state index in [0.717, 1.165) is 5.56 Å². The van der Waals surface area contributed by atoms with Crippen LogP contribution in [0.3, 0.4) is 0 Å². The Bertz CT molecular complexity index is 1200. The van der Waals surface area contributed by atoms with Crippen molar-refractivity contribution in [1.82, 2.24) is 0 Å². The Labute approximate surface area is 182 Å². The number of ether oxygens (including phenoxy) is 3. The molecule has 0 radical (unpaired) electrons. The number of hydrogen-bond donors (Lipinski definition) is 0. The molecule has 0 saturated heterocycles. The predicted octanol–water partition coefficient (Wildman–Crippen LogP) is 5.60. The minimum Gasteiger partial charge on any atom is -0.496 e. The molecule has 0 fully saturated rings. The van der Waals surface area contributed by atoms with E-state index >= 15 is 0 Å². The molecule has 0 bridgehead atoms. The van der Waals surface area contributed by atoms with Gasteiger partial charge in [0.1, 0.15) is 17.2 Å². The number of hydrogen-bond acceptors (Lipinski definition) is 5. The number of para-hydroxylation sites is 1. The zero-order valence-electron chi connectivity index (χ0n) is 16.3. The maximum absolute atomic E-state index is 12.8. The first-order valence-corrected chi connectivity index (χ1v) is 9.96. The number of esters is 1. The summed E-state index contributed by atoms with van der Waals surface area (Å²) in [6, 6.07) is 17.6. The van der Waals surface area contributed by atoms with E-state index in [1.807, 2.05) is 30.3 Å². The fourth-order valence-electron chi connectivity index (χ4n) is 3.19. The molecule has 0 unspecified atom stereocenters. The Morgan fingerprint density at radius 3 is 2.50 bits per heavy atom. The van der Waals surface area contributed by atoms with Crippen molar-refractivity contribution in [3.8, 4) is 17.2 Å². The number of halogens is 1. The Morgan fingerprint density at radius 1 is 1.00 bits per heavy atom. The molecule has 30 heavy (non-hydrogen) atoms. The van der Waals surface area contributed by atoms with E-state index in [0.29, 0.717) is 38.4 Å². The van der Waals surface area contributed by atoms with Crippen LogP contribution in [0.2, 0.25) is 0 Å². The van der Waals surface area contributed by atoms with Gasteiger partial charge in [-0.2, -0.15) is 0 Å². The lowest BCUT2D eigenvalue weighted by Gasteiger charge is -2.11. The van der Waals surface area contributed by atoms with Crippen LogP contribution < -0.4 is 14.2 Å². The molecule has 0 spiro atoms. The van der Waals surface area contributed by atoms with Gasteiger partial charge in [-0.1, -0.05) is 30.3 Å². The van der Waals surface area contributed by atoms with Gasteiger partial charge in [0.25, 0.3) is 0 Å². The number of carbonyl (C=O) groups excluding carboxylic acids is 2. The predicted molar refractivity (Wildman–Crippen MR) is 116 cm³/mol. The van der Waals surface area contributed by atoms with E-state index in [-0.39, 0.29) is 11.5 Å². The number of benzene rings is 3. The van der Waals surface area contributed by atoms with E-state index in [2.05, 4.69) is 15.9 Å². The van der Waals surface area contributed by atoms with Crippen LogP contribution in [0.4, 0.5) is 0 Å². The van der Waals surface area contributed by atoms with Crippen molar-refractivity contribution >= 4 is 33.8 Å². The molecule has 1 aliphatic heterocycles. The van der Waals surface area contributed by atoms with Gasteiger partial charge in [0.15, 0.2) is 5.76 Å². The number of methoxy groups -OCH3 is 1. The molecular weight excluding hydrogens is 448 g/mol. The van der Waals surface area contributed by atoms with Crippen molar-refractivity contribution in [1.29, 1.82) is 0 Å². The number of ketones is 1. The Balaban J connectivity index is 1.64. The lowest BCUT2D eigenvalue weighted by molar-refractivity contribution is 0.0732. The molecule has 3 aromatic rings. The van der Waals surface area contributed by atoms with Crippen LogP contribution in [0.5, 0.6) is 17.2 Å². The second-order valence-corrected chi connectivity index (χ2v) is 7.47. The van der Waals surface area contributed by atoms with Gasteiger partial charge >= 0.3 is 5.97 Å². The van der Waals surface area contributed by atoms with E-state index in [4.69, 9.17) is 14.2 Å². The summed E-state index contributed by atoms with van der Waals surface area (Å²) in [5.74, 6) is 0.811. The first-order valence-electron chi connectivity index (χ1n) is 9.17. The van der Waals surface area contributed by atoms with Gasteiger partial charge in [-0.15, -0.1) is 0 Å². The van der Waals surface area contributed by atoms with Crippen LogP contribution in [-0.2, 0) is 0 Å². The van der Waals surface area contributed by atoms with E-state index < -0.39 is 5.97 Å². The quantitative estimate of drug-likeness (QED) is 0.285. The third kappa shape index (κ3) is 3.62. The lowest BCUT2D eigenvalue weighted by Crippen LogP contribution is -2.10. The highest BCUT2D eigenvalue weighted by atomic mass is 79.9. The van der Waals surface area contributed by atoms with Gasteiger partial charge < -0.3 is 14.2 Å². The molecule has 1 heterocycles. The second-order valence-electron chi connectivity index (χ2n) is 6.62. The molecule has 4 rings (SSSR count). The molecular formula is C24H17BrO5. The van der Waals surface area contributed by atoms with Crippen LogP contribution >= 0.6 is 15.9 Å². The molecule has 150 valence electrons. The molecule has 5 nitrogen and oxygen atoms in total. The molecule has 0 aromatic heterocycles. The van der Waals surface area contributed by atoms with Crippen LogP contribution in [-0.4, -0.2) is 18.9 Å². The van der Waals surface area contributed by atoms with Crippen molar-refractivity contribution < 1.29 is 23.8 Å². The zero-order chi connectivity index (χ0) is 21.3. The molecule has 0 atom stereocenters. The van der Waals surface area contributed by atoms with Crippen LogP contribution in [0.15, 0.2) is 70.9 Å². The van der Waals surface area contributed by atoms with E-state index in [9.17, 15) is 9.59 Å². The largest absolute Gasteiger partial charge is 0.496 e. The SMILES string of the molecule is COc1ccccc1/C=C1\Oc2c(ccc(OC(=O)c3ccccc3Br)c2C)C1=O. The van der Waals surface area contributed by atoms with Crippen molar-refractivity contribution in [2.24, 2.45) is 0 Å². The van der Waals surface area contributed by atoms with E-state index in [1.54, 1.807) is 50.4 Å². The normalized spacial score (nSPS) is 13.7. The fraction of sp³-hybridized carbons (Fsp3) is 0.0833. The van der Waals surface area contributed by atoms with Crippen LogP contribution in [0.1, 0.15) is 31.8 Å². The molecule has 0 amide bonds. The third-order valence-corrected chi connectivity index (χ3v) is 5.45. The number of fused-ring (bicyclic) bond motifs is 1. The Morgan fingerprint density at radius 2 is 1.73 bits per heavy atom. The summed E-state index contributed by atoms with van der Waals surface area (Å²) in [4.78, 5) is 25.3. The highest BCUT2D eigenvalue weighted by Gasteiger charge is 2.31. The highest BCUT2D eigenvalue weighted by molar-refractivity contribution is 9.10. The number of Topliss-reactive ketones (excluding diaryl/α,β-unsaturated/α-hetero) is 1. The van der Waals surface area contributed by atoms with Gasteiger partial charge in [-0.05, 0) is 59.3 Å². The zero-order valence-corrected chi connectivity index (χ0v) is 17.9. The fourth-order valence-corrected chi connectivity index (χ4v) is 3.63. The third-order valence-electron chi connectivity index (χ3n) is 4.76. The lowest BCUT2D eigenvalue weighted by atomic mass is 10.1. The maximum Gasteiger partial charge on any atom is 0.344 e. The summed E-state index contributed by atoms with van der Waals surface area (Å²) in [6.45, 7) is 1.75. The number of allylic oxidation sites excluding steroid dienone is 1. The number of rotatable bonds is 4. The van der Waals surface area contributed by atoms with Gasteiger partial charge in [0, 0.05) is 15.6 Å². The monoisotopic (exact) mass is 464 g/mol. The van der Waals surface area contributed by atoms with Gasteiger partial charge in [-0.3, -0.25) is 4.79 Å². The molecule has 0 aliphatic carbocycles. The van der Waals surface area contributed by atoms with Gasteiger partial charge in [-0.25, -0.2) is 4.79 Å². The van der Waals surface area contributed by atoms with Crippen molar-refractivity contribution in [3.63, 3.8) is 0 Å². The summed E-state index contributed by atoms with van der Waals surface area (Å²) in [5.41, 5.74) is 2.14. The minimum absolute atomic E-state index is 0.187. The average Bonchev–Trinajstić information content (AvgIpc) is 3.07. The first kappa shape index (κ1) is 19.9. The Kier molecular flexibility index (Phi) is 5.42. The topological polar surface area (TPSA) is 61.8 Å². The Hall–Kier alpha value is -3.38. The van der Waals surface area contributed by atoms with Crippen LogP contribution in [0.25, 0.3) is 6.08 Å². The smallest absolute Gasteiger partial charge is 0.344 e. The summed E-state index contributed by atoms with van der Waals surface area (Å²) in [7, 11) is 1.57. The maximum atomic E-state index is 12.8. The van der Waals surface area contributed by atoms with Crippen LogP contribution in [0, 0.1) is 6.92 Å². The van der Waals surface area contributed by atoms with Gasteiger partial charge in [0.2, 0.25) is 5.78 Å². The van der Waals surface area contributed by atoms with Gasteiger partial charge in [0.05, 0.1) is 18.2 Å². The average molecular weight is 465 g/mol. The van der Waals surface area contributed by atoms with Crippen molar-refractivity contribution in [2.75, 3.05) is 7.11 Å². The van der Waals surface area contributed by atoms with Crippen molar-refractivity contribution in [2.45, 2.75) is 6.92 Å². The highest BCUT2D eigenvalue weighted by Crippen LogP contribution is 2.40. The molecule has 6 heteroatoms. The summed E-state index contributed by atoms with van der Waals surface area (Å²) >= 11 is 3.35. The first-order chi connectivity index (χ1) is 14.5. The minimum atomic E-state index is -0.500. The molecule has 0 saturated carbocycles. The second kappa shape index (κ2) is 8.16. The summed E-state index contributed by atoms with van der Waals surface area (Å²) in [6.07, 6.45) is 1.65. The standard InChI is InChI=1S/C24H17BrO5/c1-14-19(30-24(27)16-8-4-5-9-18(16)25)12-11-17-22(26)21(29-23(14)17)13-15-7-3-6-10-20(15)28-2/h3-13H,1-2H3/b21-13-. The summed E-state index contributed by atoms with van der Waals surface area (Å²) < 4.78 is 17.4. The summed E-state index contributed by atoms with van der Waals surface area (Å²) in [5, 5.41) is 0. The molecule has 3 aromatic carbocycles. The molecule has 1 aliphatic rings. The number of carbonyl (C=O) groups is 2. The van der Waals surface area contributed by atoms with E-state index in [1.165, 1.54) is 0 Å². The molecule has 0 N–H and O–H groups in total.